The lowest BCUT2D eigenvalue weighted by Crippen LogP contribution is -2.32. The van der Waals surface area contributed by atoms with Crippen molar-refractivity contribution in [2.75, 3.05) is 0 Å². The van der Waals surface area contributed by atoms with Crippen LogP contribution in [0.1, 0.15) is 18.6 Å². The molecule has 1 atom stereocenters. The summed E-state index contributed by atoms with van der Waals surface area (Å²) in [5.41, 5.74) is 0.391. The molecule has 0 radical (unpaired) electrons. The van der Waals surface area contributed by atoms with Crippen LogP contribution < -0.4 is 5.11 Å². The van der Waals surface area contributed by atoms with Gasteiger partial charge in [0.15, 0.2) is 6.10 Å². The number of carbonyl (C=O) groups excluding carboxylic acids is 2. The van der Waals surface area contributed by atoms with Crippen molar-refractivity contribution in [2.45, 2.75) is 13.0 Å². The van der Waals surface area contributed by atoms with E-state index >= 15 is 0 Å². The highest BCUT2D eigenvalue weighted by Gasteiger charge is 2.14. The molecule has 1 aromatic rings. The van der Waals surface area contributed by atoms with Crippen molar-refractivity contribution in [3.8, 4) is 0 Å². The molecule has 0 bridgehead atoms. The van der Waals surface area contributed by atoms with Crippen molar-refractivity contribution in [1.29, 1.82) is 0 Å². The highest BCUT2D eigenvalue weighted by molar-refractivity contribution is 5.77. The Kier molecular flexibility index (Phi) is 3.23. The molecule has 14 heavy (non-hydrogen) atoms. The van der Waals surface area contributed by atoms with Gasteiger partial charge in [-0.25, -0.2) is 0 Å². The first-order valence-electron chi connectivity index (χ1n) is 4.04. The number of carboxylic acid groups (broad SMARTS) is 1. The Balaban J connectivity index is 2.89. The van der Waals surface area contributed by atoms with Crippen molar-refractivity contribution in [1.82, 2.24) is 0 Å². The van der Waals surface area contributed by atoms with Gasteiger partial charge in [-0.15, -0.1) is 0 Å². The second-order valence-corrected chi connectivity index (χ2v) is 2.72. The van der Waals surface area contributed by atoms with E-state index in [1.54, 1.807) is 30.3 Å². The molecule has 0 aromatic heterocycles. The summed E-state index contributed by atoms with van der Waals surface area (Å²) < 4.78 is 4.60. The number of carboxylic acids is 1. The van der Waals surface area contributed by atoms with Crippen LogP contribution in [0.2, 0.25) is 0 Å². The van der Waals surface area contributed by atoms with Crippen LogP contribution in [0.3, 0.4) is 0 Å². The molecule has 1 aromatic carbocycles. The first-order valence-corrected chi connectivity index (χ1v) is 4.04. The quantitative estimate of drug-likeness (QED) is 0.636. The van der Waals surface area contributed by atoms with Crippen molar-refractivity contribution in [3.05, 3.63) is 35.9 Å². The van der Waals surface area contributed by atoms with Crippen LogP contribution in [0.4, 0.5) is 0 Å². The van der Waals surface area contributed by atoms with E-state index in [1.165, 1.54) is 0 Å². The second kappa shape index (κ2) is 4.41. The lowest BCUT2D eigenvalue weighted by Gasteiger charge is -2.17. The SMILES string of the molecule is CC(=O)OC(C(=O)[O-])c1ccccc1. The van der Waals surface area contributed by atoms with Crippen molar-refractivity contribution < 1.29 is 19.4 Å². The molecule has 0 saturated heterocycles. The standard InChI is InChI=1S/C10H10O4/c1-7(11)14-9(10(12)13)8-5-3-2-4-6-8/h2-6,9H,1H3,(H,12,13)/p-1. The summed E-state index contributed by atoms with van der Waals surface area (Å²) in [5, 5.41) is 10.6. The number of benzene rings is 1. The minimum absolute atomic E-state index is 0.391. The van der Waals surface area contributed by atoms with Crippen molar-refractivity contribution in [2.24, 2.45) is 0 Å². The van der Waals surface area contributed by atoms with E-state index in [4.69, 9.17) is 0 Å². The monoisotopic (exact) mass is 193 g/mol. The smallest absolute Gasteiger partial charge is 0.303 e. The van der Waals surface area contributed by atoms with Gasteiger partial charge >= 0.3 is 5.97 Å². The molecule has 0 saturated carbocycles. The molecule has 4 heteroatoms. The van der Waals surface area contributed by atoms with Gasteiger partial charge in [-0.3, -0.25) is 4.79 Å². The number of rotatable bonds is 3. The van der Waals surface area contributed by atoms with E-state index in [0.29, 0.717) is 5.56 Å². The van der Waals surface area contributed by atoms with E-state index < -0.39 is 18.0 Å². The first-order chi connectivity index (χ1) is 6.61. The van der Waals surface area contributed by atoms with Gasteiger partial charge in [-0.2, -0.15) is 0 Å². The molecule has 4 nitrogen and oxygen atoms in total. The second-order valence-electron chi connectivity index (χ2n) is 2.72. The Morgan fingerprint density at radius 3 is 2.29 bits per heavy atom. The number of esters is 1. The van der Waals surface area contributed by atoms with Gasteiger partial charge in [0.25, 0.3) is 0 Å². The van der Waals surface area contributed by atoms with Gasteiger partial charge in [-0.05, 0) is 5.56 Å². The molecular weight excluding hydrogens is 184 g/mol. The third-order valence-electron chi connectivity index (χ3n) is 1.60. The third-order valence-corrected chi connectivity index (χ3v) is 1.60. The number of hydrogen-bond acceptors (Lipinski definition) is 4. The Morgan fingerprint density at radius 2 is 1.86 bits per heavy atom. The predicted molar refractivity (Wildman–Crippen MR) is 46.0 cm³/mol. The Morgan fingerprint density at radius 1 is 1.29 bits per heavy atom. The maximum absolute atomic E-state index is 10.6. The minimum Gasteiger partial charge on any atom is -0.546 e. The van der Waals surface area contributed by atoms with Gasteiger partial charge in [0.05, 0.1) is 5.97 Å². The van der Waals surface area contributed by atoms with Crippen LogP contribution in [0, 0.1) is 0 Å². The maximum Gasteiger partial charge on any atom is 0.303 e. The van der Waals surface area contributed by atoms with Gasteiger partial charge in [0.1, 0.15) is 0 Å². The Hall–Kier alpha value is -1.84. The zero-order valence-corrected chi connectivity index (χ0v) is 7.60. The van der Waals surface area contributed by atoms with Gasteiger partial charge in [0.2, 0.25) is 0 Å². The average Bonchev–Trinajstić information content (AvgIpc) is 2.15. The third kappa shape index (κ3) is 2.58. The van der Waals surface area contributed by atoms with E-state index in [2.05, 4.69) is 4.74 Å². The number of hydrogen-bond donors (Lipinski definition) is 0. The van der Waals surface area contributed by atoms with E-state index in [-0.39, 0.29) is 0 Å². The van der Waals surface area contributed by atoms with E-state index in [9.17, 15) is 14.7 Å². The van der Waals surface area contributed by atoms with Gasteiger partial charge < -0.3 is 14.6 Å². The molecule has 0 amide bonds. The molecule has 1 unspecified atom stereocenters. The van der Waals surface area contributed by atoms with Crippen LogP contribution >= 0.6 is 0 Å². The summed E-state index contributed by atoms with van der Waals surface area (Å²) in [5.74, 6) is -2.07. The van der Waals surface area contributed by atoms with Crippen LogP contribution in [0.15, 0.2) is 30.3 Å². The summed E-state index contributed by atoms with van der Waals surface area (Å²) in [6.07, 6.45) is -1.33. The summed E-state index contributed by atoms with van der Waals surface area (Å²) in [6, 6.07) is 8.18. The normalized spacial score (nSPS) is 11.8. The molecule has 74 valence electrons. The molecule has 0 aliphatic carbocycles. The molecule has 0 heterocycles. The lowest BCUT2D eigenvalue weighted by molar-refractivity contribution is -0.316. The fourth-order valence-corrected chi connectivity index (χ4v) is 1.05. The lowest BCUT2D eigenvalue weighted by atomic mass is 10.1. The molecule has 1 rings (SSSR count). The summed E-state index contributed by atoms with van der Waals surface area (Å²) in [7, 11) is 0. The first kappa shape index (κ1) is 10.2. The number of ether oxygens (including phenoxy) is 1. The topological polar surface area (TPSA) is 66.4 Å². The fourth-order valence-electron chi connectivity index (χ4n) is 1.05. The van der Waals surface area contributed by atoms with Crippen LogP contribution in [0.5, 0.6) is 0 Å². The zero-order chi connectivity index (χ0) is 10.6. The van der Waals surface area contributed by atoms with E-state index in [0.717, 1.165) is 6.92 Å². The Labute approximate surface area is 81.1 Å². The van der Waals surface area contributed by atoms with Crippen LogP contribution in [-0.2, 0) is 14.3 Å². The highest BCUT2D eigenvalue weighted by Crippen LogP contribution is 2.16. The molecule has 0 N–H and O–H groups in total. The number of carbonyl (C=O) groups is 2. The minimum atomic E-state index is -1.42. The maximum atomic E-state index is 10.6. The fraction of sp³-hybridized carbons (Fsp3) is 0.200. The van der Waals surface area contributed by atoms with Crippen LogP contribution in [0.25, 0.3) is 0 Å². The highest BCUT2D eigenvalue weighted by atomic mass is 16.6. The molecule has 0 aliphatic heterocycles. The van der Waals surface area contributed by atoms with E-state index in [1.807, 2.05) is 0 Å². The molecular formula is C10H9O4-. The molecule has 0 aliphatic rings. The van der Waals surface area contributed by atoms with Crippen molar-refractivity contribution in [3.63, 3.8) is 0 Å². The summed E-state index contributed by atoms with van der Waals surface area (Å²) in [4.78, 5) is 21.3. The molecule has 0 spiro atoms. The summed E-state index contributed by atoms with van der Waals surface area (Å²) >= 11 is 0. The predicted octanol–water partition coefficient (Wildman–Crippen LogP) is 0.0407. The zero-order valence-electron chi connectivity index (χ0n) is 7.60. The largest absolute Gasteiger partial charge is 0.546 e. The average molecular weight is 193 g/mol. The van der Waals surface area contributed by atoms with Crippen LogP contribution in [-0.4, -0.2) is 11.9 Å². The molecule has 0 fully saturated rings. The summed E-state index contributed by atoms with van der Waals surface area (Å²) in [6.45, 7) is 1.15. The van der Waals surface area contributed by atoms with Gasteiger partial charge in [0, 0.05) is 6.92 Å². The Bertz CT molecular complexity index is 331. The number of aliphatic carboxylic acids is 1. The van der Waals surface area contributed by atoms with Gasteiger partial charge in [-0.1, -0.05) is 30.3 Å². The van der Waals surface area contributed by atoms with Crippen molar-refractivity contribution >= 4 is 11.9 Å².